The summed E-state index contributed by atoms with van der Waals surface area (Å²) in [5, 5.41) is 7.22. The maximum absolute atomic E-state index is 12.6. The number of rotatable bonds is 5. The van der Waals surface area contributed by atoms with Crippen molar-refractivity contribution < 1.29 is 4.79 Å². The molecule has 6 heteroatoms. The molecule has 0 aliphatic heterocycles. The lowest BCUT2D eigenvalue weighted by molar-refractivity contribution is 0.0944. The van der Waals surface area contributed by atoms with Gasteiger partial charge in [0.1, 0.15) is 5.82 Å². The summed E-state index contributed by atoms with van der Waals surface area (Å²) in [7, 11) is 0. The molecule has 0 radical (unpaired) electrons. The maximum Gasteiger partial charge on any atom is 0.255 e. The first-order valence-electron chi connectivity index (χ1n) is 8.58. The van der Waals surface area contributed by atoms with Gasteiger partial charge in [0.25, 0.3) is 5.91 Å². The molecule has 1 saturated carbocycles. The van der Waals surface area contributed by atoms with E-state index in [1.807, 2.05) is 0 Å². The van der Waals surface area contributed by atoms with Crippen molar-refractivity contribution in [2.75, 3.05) is 11.9 Å². The average Bonchev–Trinajstić information content (AvgIpc) is 2.60. The number of nitrogens with one attached hydrogen (secondary N) is 2. The summed E-state index contributed by atoms with van der Waals surface area (Å²) < 4.78 is 0. The van der Waals surface area contributed by atoms with Crippen LogP contribution in [0.2, 0.25) is 10.0 Å². The predicted molar refractivity (Wildman–Crippen MR) is 103 cm³/mol. The number of aromatic nitrogens is 1. The van der Waals surface area contributed by atoms with Crippen molar-refractivity contribution in [3.05, 3.63) is 52.1 Å². The van der Waals surface area contributed by atoms with E-state index in [1.165, 1.54) is 32.1 Å². The van der Waals surface area contributed by atoms with Gasteiger partial charge < -0.3 is 10.6 Å². The second-order valence-electron chi connectivity index (χ2n) is 6.40. The minimum absolute atomic E-state index is 0.116. The van der Waals surface area contributed by atoms with Crippen molar-refractivity contribution >= 4 is 40.6 Å². The van der Waals surface area contributed by atoms with Gasteiger partial charge in [-0.05, 0) is 49.1 Å². The first-order chi connectivity index (χ1) is 12.1. The molecule has 1 aliphatic rings. The molecule has 0 saturated heterocycles. The molecule has 4 nitrogen and oxygen atoms in total. The molecule has 2 aromatic rings. The topological polar surface area (TPSA) is 54.0 Å². The molecular weight excluding hydrogens is 357 g/mol. The minimum atomic E-state index is -0.116. The highest BCUT2D eigenvalue weighted by molar-refractivity contribution is 6.35. The highest BCUT2D eigenvalue weighted by atomic mass is 35.5. The zero-order valence-corrected chi connectivity index (χ0v) is 15.4. The fraction of sp³-hybridized carbons (Fsp3) is 0.368. The molecule has 1 aromatic heterocycles. The number of halogens is 2. The smallest absolute Gasteiger partial charge is 0.255 e. The number of nitrogens with zero attached hydrogens (tertiary/aromatic N) is 1. The van der Waals surface area contributed by atoms with Crippen molar-refractivity contribution in [1.82, 2.24) is 10.3 Å². The molecule has 0 spiro atoms. The van der Waals surface area contributed by atoms with Gasteiger partial charge in [0.05, 0.1) is 5.56 Å². The molecule has 1 fully saturated rings. The van der Waals surface area contributed by atoms with Crippen LogP contribution in [0.1, 0.15) is 42.5 Å². The minimum Gasteiger partial charge on any atom is -0.352 e. The lowest BCUT2D eigenvalue weighted by atomic mass is 9.89. The Balaban J connectivity index is 1.70. The second-order valence-corrected chi connectivity index (χ2v) is 7.27. The summed E-state index contributed by atoms with van der Waals surface area (Å²) in [6.07, 6.45) is 7.86. The number of hydrogen-bond acceptors (Lipinski definition) is 3. The highest BCUT2D eigenvalue weighted by Crippen LogP contribution is 2.26. The van der Waals surface area contributed by atoms with Crippen LogP contribution in [0.4, 0.5) is 11.5 Å². The Morgan fingerprint density at radius 2 is 1.84 bits per heavy atom. The first kappa shape index (κ1) is 18.0. The Morgan fingerprint density at radius 1 is 1.12 bits per heavy atom. The fourth-order valence-corrected chi connectivity index (χ4v) is 3.70. The number of benzene rings is 1. The molecule has 0 atom stereocenters. The molecule has 0 unspecified atom stereocenters. The van der Waals surface area contributed by atoms with Crippen molar-refractivity contribution in [1.29, 1.82) is 0 Å². The van der Waals surface area contributed by atoms with Gasteiger partial charge >= 0.3 is 0 Å². The molecule has 25 heavy (non-hydrogen) atoms. The standard InChI is InChI=1S/C19H21Cl2N3O/c20-14-9-15(21)11-16(10-14)24-18-17(7-4-8-22-18)19(25)23-12-13-5-2-1-3-6-13/h4,7-11,13H,1-3,5-6,12H2,(H,22,24)(H,23,25). The third-order valence-corrected chi connectivity index (χ3v) is 4.89. The Bertz CT molecular complexity index is 725. The zero-order chi connectivity index (χ0) is 17.6. The van der Waals surface area contributed by atoms with Crippen LogP contribution in [0.25, 0.3) is 0 Å². The molecule has 1 amide bonds. The number of pyridine rings is 1. The summed E-state index contributed by atoms with van der Waals surface area (Å²) in [6, 6.07) is 8.66. The third kappa shape index (κ3) is 5.10. The van der Waals surface area contributed by atoms with E-state index in [0.29, 0.717) is 33.0 Å². The van der Waals surface area contributed by atoms with E-state index in [-0.39, 0.29) is 5.91 Å². The molecule has 1 aromatic carbocycles. The van der Waals surface area contributed by atoms with Crippen LogP contribution in [0.15, 0.2) is 36.5 Å². The van der Waals surface area contributed by atoms with Crippen molar-refractivity contribution in [3.63, 3.8) is 0 Å². The van der Waals surface area contributed by atoms with Gasteiger partial charge in [-0.3, -0.25) is 4.79 Å². The Hall–Kier alpha value is -1.78. The first-order valence-corrected chi connectivity index (χ1v) is 9.34. The van der Waals surface area contributed by atoms with Crippen LogP contribution >= 0.6 is 23.2 Å². The molecule has 1 aliphatic carbocycles. The van der Waals surface area contributed by atoms with Crippen LogP contribution < -0.4 is 10.6 Å². The van der Waals surface area contributed by atoms with Gasteiger partial charge in [-0.1, -0.05) is 42.5 Å². The zero-order valence-electron chi connectivity index (χ0n) is 13.9. The predicted octanol–water partition coefficient (Wildman–Crippen LogP) is 5.44. The van der Waals surface area contributed by atoms with Gasteiger partial charge in [0.2, 0.25) is 0 Å². The molecule has 0 bridgehead atoms. The molecule has 1 heterocycles. The number of amides is 1. The summed E-state index contributed by atoms with van der Waals surface area (Å²) in [5.74, 6) is 0.953. The van der Waals surface area contributed by atoms with E-state index in [1.54, 1.807) is 36.5 Å². The van der Waals surface area contributed by atoms with E-state index >= 15 is 0 Å². The van der Waals surface area contributed by atoms with E-state index in [9.17, 15) is 4.79 Å². The Kier molecular flexibility index (Phi) is 6.16. The van der Waals surface area contributed by atoms with E-state index < -0.39 is 0 Å². The number of carbonyl (C=O) groups excluding carboxylic acids is 1. The van der Waals surface area contributed by atoms with Crippen molar-refractivity contribution in [2.45, 2.75) is 32.1 Å². The Morgan fingerprint density at radius 3 is 2.56 bits per heavy atom. The largest absolute Gasteiger partial charge is 0.352 e. The van der Waals surface area contributed by atoms with Gasteiger partial charge in [-0.25, -0.2) is 4.98 Å². The number of hydrogen-bond donors (Lipinski definition) is 2. The molecule has 2 N–H and O–H groups in total. The van der Waals surface area contributed by atoms with Gasteiger partial charge in [-0.15, -0.1) is 0 Å². The van der Waals surface area contributed by atoms with Crippen LogP contribution in [0, 0.1) is 5.92 Å². The monoisotopic (exact) mass is 377 g/mol. The number of anilines is 2. The SMILES string of the molecule is O=C(NCC1CCCCC1)c1cccnc1Nc1cc(Cl)cc(Cl)c1. The lowest BCUT2D eigenvalue weighted by Gasteiger charge is -2.22. The van der Waals surface area contributed by atoms with Gasteiger partial charge in [0.15, 0.2) is 0 Å². The van der Waals surface area contributed by atoms with Gasteiger partial charge in [-0.2, -0.15) is 0 Å². The summed E-state index contributed by atoms with van der Waals surface area (Å²) in [4.78, 5) is 16.9. The number of carbonyl (C=O) groups is 1. The Labute approximate surface area is 157 Å². The molecule has 132 valence electrons. The third-order valence-electron chi connectivity index (χ3n) is 4.45. The van der Waals surface area contributed by atoms with Crippen LogP contribution in [-0.4, -0.2) is 17.4 Å². The average molecular weight is 378 g/mol. The molecular formula is C19H21Cl2N3O. The van der Waals surface area contributed by atoms with E-state index in [2.05, 4.69) is 15.6 Å². The summed E-state index contributed by atoms with van der Waals surface area (Å²) in [5.41, 5.74) is 1.20. The van der Waals surface area contributed by atoms with E-state index in [4.69, 9.17) is 23.2 Å². The van der Waals surface area contributed by atoms with Crippen molar-refractivity contribution in [2.24, 2.45) is 5.92 Å². The lowest BCUT2D eigenvalue weighted by Crippen LogP contribution is -2.30. The normalized spacial score (nSPS) is 15.0. The maximum atomic E-state index is 12.6. The molecule has 3 rings (SSSR count). The summed E-state index contributed by atoms with van der Waals surface area (Å²) >= 11 is 12.1. The van der Waals surface area contributed by atoms with E-state index in [0.717, 1.165) is 6.54 Å². The second kappa shape index (κ2) is 8.54. The quantitative estimate of drug-likeness (QED) is 0.728. The van der Waals surface area contributed by atoms with Crippen LogP contribution in [0.5, 0.6) is 0 Å². The summed E-state index contributed by atoms with van der Waals surface area (Å²) in [6.45, 7) is 0.718. The highest BCUT2D eigenvalue weighted by Gasteiger charge is 2.17. The van der Waals surface area contributed by atoms with Gasteiger partial charge in [0, 0.05) is 28.5 Å². The fourth-order valence-electron chi connectivity index (χ4n) is 3.17. The van der Waals surface area contributed by atoms with Crippen LogP contribution in [-0.2, 0) is 0 Å². The van der Waals surface area contributed by atoms with Crippen LogP contribution in [0.3, 0.4) is 0 Å². The van der Waals surface area contributed by atoms with Crippen molar-refractivity contribution in [3.8, 4) is 0 Å².